The van der Waals surface area contributed by atoms with Gasteiger partial charge >= 0.3 is 5.97 Å². The number of ether oxygens (including phenoxy) is 2. The average Bonchev–Trinajstić information content (AvgIpc) is 2.87. The lowest BCUT2D eigenvalue weighted by Crippen LogP contribution is -2.05. The van der Waals surface area contributed by atoms with Gasteiger partial charge in [0.1, 0.15) is 23.4 Å². The maximum absolute atomic E-state index is 11.5. The van der Waals surface area contributed by atoms with Gasteiger partial charge in [-0.3, -0.25) is 0 Å². The molecule has 1 aliphatic heterocycles. The molecule has 2 aromatic rings. The average molecular weight is 348 g/mol. The van der Waals surface area contributed by atoms with E-state index in [9.17, 15) is 18.3 Å². The molecule has 0 radical (unpaired) electrons. The fraction of sp³-hybridized carbons (Fsp3) is 0.235. The van der Waals surface area contributed by atoms with E-state index in [1.54, 1.807) is 0 Å². The molecule has 0 saturated heterocycles. The van der Waals surface area contributed by atoms with Crippen molar-refractivity contribution in [1.29, 1.82) is 0 Å². The first-order chi connectivity index (χ1) is 11.2. The summed E-state index contributed by atoms with van der Waals surface area (Å²) in [5, 5.41) is 9.22. The van der Waals surface area contributed by atoms with Crippen LogP contribution in [0.5, 0.6) is 17.2 Å². The quantitative estimate of drug-likeness (QED) is 0.914. The molecule has 3 rings (SSSR count). The van der Waals surface area contributed by atoms with Crippen molar-refractivity contribution in [2.24, 2.45) is 0 Å². The van der Waals surface area contributed by atoms with Crippen molar-refractivity contribution in [1.82, 2.24) is 0 Å². The highest BCUT2D eigenvalue weighted by Crippen LogP contribution is 2.39. The third-order valence-corrected chi connectivity index (χ3v) is 4.84. The molecule has 1 aliphatic rings. The Hall–Kier alpha value is -2.54. The highest BCUT2D eigenvalue weighted by atomic mass is 32.2. The first-order valence-electron chi connectivity index (χ1n) is 7.29. The van der Waals surface area contributed by atoms with Gasteiger partial charge in [-0.15, -0.1) is 0 Å². The predicted octanol–water partition coefficient (Wildman–Crippen LogP) is 2.90. The van der Waals surface area contributed by atoms with Crippen LogP contribution in [0.15, 0.2) is 41.3 Å². The Bertz CT molecular complexity index is 899. The molecule has 7 heteroatoms. The Kier molecular flexibility index (Phi) is 3.96. The second-order valence-corrected chi connectivity index (χ2v) is 7.75. The zero-order chi connectivity index (χ0) is 17.5. The van der Waals surface area contributed by atoms with Crippen molar-refractivity contribution in [2.45, 2.75) is 24.3 Å². The first-order valence-corrected chi connectivity index (χ1v) is 9.18. The monoisotopic (exact) mass is 348 g/mol. The largest absolute Gasteiger partial charge is 0.490 e. The van der Waals surface area contributed by atoms with Crippen LogP contribution < -0.4 is 9.47 Å². The maximum atomic E-state index is 11.5. The van der Waals surface area contributed by atoms with Gasteiger partial charge in [0.2, 0.25) is 0 Å². The van der Waals surface area contributed by atoms with E-state index < -0.39 is 15.8 Å². The Morgan fingerprint density at radius 3 is 2.50 bits per heavy atom. The molecule has 24 heavy (non-hydrogen) atoms. The summed E-state index contributed by atoms with van der Waals surface area (Å²) in [6, 6.07) is 8.91. The number of rotatable bonds is 4. The minimum absolute atomic E-state index is 0.0565. The summed E-state index contributed by atoms with van der Waals surface area (Å²) in [6.07, 6.45) is 1.69. The van der Waals surface area contributed by atoms with Crippen molar-refractivity contribution in [2.75, 3.05) is 6.26 Å². The molecule has 2 aromatic carbocycles. The van der Waals surface area contributed by atoms with Gasteiger partial charge in [-0.1, -0.05) is 0 Å². The molecule has 0 aliphatic carbocycles. The van der Waals surface area contributed by atoms with Crippen molar-refractivity contribution in [3.05, 3.63) is 47.5 Å². The van der Waals surface area contributed by atoms with Gasteiger partial charge in [-0.2, -0.15) is 0 Å². The van der Waals surface area contributed by atoms with Crippen LogP contribution in [0.25, 0.3) is 0 Å². The molecule has 126 valence electrons. The van der Waals surface area contributed by atoms with Crippen LogP contribution >= 0.6 is 0 Å². The Labute approximate surface area is 139 Å². The molecule has 0 bridgehead atoms. The number of carboxylic acids is 1. The van der Waals surface area contributed by atoms with Gasteiger partial charge in [0.15, 0.2) is 9.84 Å². The minimum Gasteiger partial charge on any atom is -0.490 e. The molecule has 0 amide bonds. The van der Waals surface area contributed by atoms with Crippen LogP contribution in [0, 0.1) is 0 Å². The minimum atomic E-state index is -3.28. The first kappa shape index (κ1) is 16.3. The van der Waals surface area contributed by atoms with Crippen LogP contribution in [0.3, 0.4) is 0 Å². The summed E-state index contributed by atoms with van der Waals surface area (Å²) in [6.45, 7) is 1.89. The molecule has 6 nitrogen and oxygen atoms in total. The van der Waals surface area contributed by atoms with E-state index in [1.165, 1.54) is 36.4 Å². The van der Waals surface area contributed by atoms with Crippen molar-refractivity contribution < 1.29 is 27.8 Å². The molecule has 1 unspecified atom stereocenters. The molecule has 0 aromatic heterocycles. The summed E-state index contributed by atoms with van der Waals surface area (Å²) in [5.41, 5.74) is 0.880. The highest BCUT2D eigenvalue weighted by molar-refractivity contribution is 7.90. The number of hydrogen-bond donors (Lipinski definition) is 1. The maximum Gasteiger partial charge on any atom is 0.335 e. The number of hydrogen-bond acceptors (Lipinski definition) is 5. The van der Waals surface area contributed by atoms with Crippen molar-refractivity contribution in [3.8, 4) is 17.2 Å². The summed E-state index contributed by atoms with van der Waals surface area (Å²) in [5.74, 6) is 0.261. The van der Waals surface area contributed by atoms with Gasteiger partial charge < -0.3 is 14.6 Å². The molecule has 1 atom stereocenters. The SMILES string of the molecule is CC1Cc2c(Oc3ccc(S(C)(=O)=O)cc3)cc(C(=O)O)cc2O1. The molecule has 1 N–H and O–H groups in total. The lowest BCUT2D eigenvalue weighted by Gasteiger charge is -2.11. The van der Waals surface area contributed by atoms with E-state index in [0.29, 0.717) is 23.7 Å². The second kappa shape index (κ2) is 5.83. The summed E-state index contributed by atoms with van der Waals surface area (Å²) < 4.78 is 34.4. The lowest BCUT2D eigenvalue weighted by atomic mass is 10.1. The summed E-state index contributed by atoms with van der Waals surface area (Å²) in [7, 11) is -3.28. The van der Waals surface area contributed by atoms with E-state index >= 15 is 0 Å². The van der Waals surface area contributed by atoms with Gasteiger partial charge in [-0.25, -0.2) is 13.2 Å². The predicted molar refractivity (Wildman–Crippen MR) is 86.8 cm³/mol. The van der Waals surface area contributed by atoms with E-state index in [0.717, 1.165) is 11.8 Å². The molecule has 0 fully saturated rings. The standard InChI is InChI=1S/C17H16O6S/c1-10-7-14-15(22-10)8-11(17(18)19)9-16(14)23-12-3-5-13(6-4-12)24(2,20)21/h3-6,8-10H,7H2,1-2H3,(H,18,19). The Balaban J connectivity index is 1.97. The van der Waals surface area contributed by atoms with Crippen molar-refractivity contribution >= 4 is 15.8 Å². The summed E-state index contributed by atoms with van der Waals surface area (Å²) >= 11 is 0. The molecular weight excluding hydrogens is 332 g/mol. The number of fused-ring (bicyclic) bond motifs is 1. The van der Waals surface area contributed by atoms with Gasteiger partial charge in [0.25, 0.3) is 0 Å². The molecule has 0 saturated carbocycles. The third kappa shape index (κ3) is 3.21. The van der Waals surface area contributed by atoms with Crippen LogP contribution in [-0.2, 0) is 16.3 Å². The molecular formula is C17H16O6S. The number of carboxylic acid groups (broad SMARTS) is 1. The zero-order valence-corrected chi connectivity index (χ0v) is 14.0. The van der Waals surface area contributed by atoms with E-state index in [2.05, 4.69) is 0 Å². The Morgan fingerprint density at radius 1 is 1.25 bits per heavy atom. The Morgan fingerprint density at radius 2 is 1.92 bits per heavy atom. The van der Waals surface area contributed by atoms with E-state index in [1.807, 2.05) is 6.92 Å². The topological polar surface area (TPSA) is 89.9 Å². The van der Waals surface area contributed by atoms with E-state index in [-0.39, 0.29) is 16.6 Å². The molecule has 0 spiro atoms. The van der Waals surface area contributed by atoms with E-state index in [4.69, 9.17) is 9.47 Å². The zero-order valence-electron chi connectivity index (χ0n) is 13.1. The number of benzene rings is 2. The highest BCUT2D eigenvalue weighted by Gasteiger charge is 2.25. The van der Waals surface area contributed by atoms with Crippen LogP contribution in [0.4, 0.5) is 0 Å². The fourth-order valence-corrected chi connectivity index (χ4v) is 3.20. The van der Waals surface area contributed by atoms with Gasteiger partial charge in [0, 0.05) is 18.2 Å². The molecule has 1 heterocycles. The smallest absolute Gasteiger partial charge is 0.335 e. The number of aromatic carboxylic acids is 1. The van der Waals surface area contributed by atoms with Crippen LogP contribution in [0.1, 0.15) is 22.8 Å². The van der Waals surface area contributed by atoms with Crippen molar-refractivity contribution in [3.63, 3.8) is 0 Å². The number of sulfone groups is 1. The van der Waals surface area contributed by atoms with Gasteiger partial charge in [0.05, 0.1) is 10.5 Å². The lowest BCUT2D eigenvalue weighted by molar-refractivity contribution is 0.0696. The van der Waals surface area contributed by atoms with Gasteiger partial charge in [-0.05, 0) is 43.3 Å². The van der Waals surface area contributed by atoms with Crippen LogP contribution in [0.2, 0.25) is 0 Å². The third-order valence-electron chi connectivity index (χ3n) is 3.71. The normalized spacial score (nSPS) is 16.3. The second-order valence-electron chi connectivity index (χ2n) is 5.73. The summed E-state index contributed by atoms with van der Waals surface area (Å²) in [4.78, 5) is 11.5. The fourth-order valence-electron chi connectivity index (χ4n) is 2.57. The van der Waals surface area contributed by atoms with Crippen LogP contribution in [-0.4, -0.2) is 31.9 Å². The number of carbonyl (C=O) groups is 1.